The van der Waals surface area contributed by atoms with E-state index in [0.29, 0.717) is 51.7 Å². The second kappa shape index (κ2) is 9.85. The van der Waals surface area contributed by atoms with Gasteiger partial charge in [0.1, 0.15) is 5.82 Å². The first-order chi connectivity index (χ1) is 17.8. The number of halogens is 4. The van der Waals surface area contributed by atoms with Crippen LogP contribution in [0.3, 0.4) is 0 Å². The topological polar surface area (TPSA) is 42.0 Å². The number of pyridine rings is 1. The molecular formula is C30H20F4N2O. The molecule has 0 bridgehead atoms. The third-order valence-electron chi connectivity index (χ3n) is 6.12. The number of hydrogen-bond acceptors (Lipinski definition) is 3. The monoisotopic (exact) mass is 500 g/mol. The van der Waals surface area contributed by atoms with Crippen molar-refractivity contribution in [3.8, 4) is 22.3 Å². The number of alkyl halides is 3. The molecule has 184 valence electrons. The molecule has 5 aromatic rings. The summed E-state index contributed by atoms with van der Waals surface area (Å²) in [6.45, 7) is 0.358. The molecule has 7 heteroatoms. The number of nitrogens with zero attached hydrogens (tertiary/aromatic N) is 1. The zero-order valence-electron chi connectivity index (χ0n) is 19.4. The maximum Gasteiger partial charge on any atom is 0.418 e. The summed E-state index contributed by atoms with van der Waals surface area (Å²) in [4.78, 5) is 16.0. The van der Waals surface area contributed by atoms with E-state index < -0.39 is 11.7 Å². The molecule has 0 atom stereocenters. The fourth-order valence-electron chi connectivity index (χ4n) is 4.45. The Morgan fingerprint density at radius 3 is 2.41 bits per heavy atom. The number of para-hydroxylation sites is 1. The summed E-state index contributed by atoms with van der Waals surface area (Å²) in [5, 5.41) is 3.56. The van der Waals surface area contributed by atoms with Gasteiger partial charge in [0.2, 0.25) is 0 Å². The molecule has 0 spiro atoms. The first kappa shape index (κ1) is 24.2. The third-order valence-corrected chi connectivity index (χ3v) is 6.12. The second-order valence-corrected chi connectivity index (χ2v) is 8.52. The van der Waals surface area contributed by atoms with Crippen LogP contribution in [0.25, 0.3) is 33.2 Å². The summed E-state index contributed by atoms with van der Waals surface area (Å²) in [5.74, 6) is -0.338. The van der Waals surface area contributed by atoms with Crippen LogP contribution in [0.2, 0.25) is 0 Å². The number of aromatic nitrogens is 1. The number of carbonyl (C=O) groups excluding carboxylic acids is 1. The molecule has 0 amide bonds. The van der Waals surface area contributed by atoms with E-state index in [0.717, 1.165) is 11.6 Å². The van der Waals surface area contributed by atoms with Crippen molar-refractivity contribution in [3.05, 3.63) is 120 Å². The van der Waals surface area contributed by atoms with Crippen LogP contribution in [0.1, 0.15) is 21.5 Å². The average Bonchev–Trinajstić information content (AvgIpc) is 2.90. The highest BCUT2D eigenvalue weighted by Crippen LogP contribution is 2.42. The van der Waals surface area contributed by atoms with E-state index >= 15 is 0 Å². The third kappa shape index (κ3) is 4.93. The van der Waals surface area contributed by atoms with Crippen molar-refractivity contribution in [2.45, 2.75) is 12.7 Å². The van der Waals surface area contributed by atoms with Gasteiger partial charge in [0, 0.05) is 40.5 Å². The lowest BCUT2D eigenvalue weighted by Gasteiger charge is -2.18. The Hall–Kier alpha value is -4.52. The predicted molar refractivity (Wildman–Crippen MR) is 137 cm³/mol. The van der Waals surface area contributed by atoms with E-state index in [9.17, 15) is 22.4 Å². The summed E-state index contributed by atoms with van der Waals surface area (Å²) >= 11 is 0. The molecule has 5 rings (SSSR count). The first-order valence-electron chi connectivity index (χ1n) is 11.5. The molecule has 0 unspecified atom stereocenters. The lowest BCUT2D eigenvalue weighted by molar-refractivity contribution is -0.136. The zero-order chi connectivity index (χ0) is 26.0. The number of aldehydes is 1. The number of anilines is 1. The van der Waals surface area contributed by atoms with Gasteiger partial charge in [0.15, 0.2) is 6.29 Å². The molecule has 37 heavy (non-hydrogen) atoms. The van der Waals surface area contributed by atoms with Crippen LogP contribution in [0.5, 0.6) is 0 Å². The van der Waals surface area contributed by atoms with Crippen molar-refractivity contribution in [2.75, 3.05) is 5.32 Å². The molecule has 0 aliphatic heterocycles. The van der Waals surface area contributed by atoms with Crippen molar-refractivity contribution in [1.29, 1.82) is 0 Å². The summed E-state index contributed by atoms with van der Waals surface area (Å²) in [5.41, 5.74) is 3.12. The first-order valence-corrected chi connectivity index (χ1v) is 11.5. The Bertz CT molecular complexity index is 1610. The molecule has 0 saturated heterocycles. The minimum Gasteiger partial charge on any atom is -0.381 e. The molecule has 1 aromatic heterocycles. The summed E-state index contributed by atoms with van der Waals surface area (Å²) in [6, 6.07) is 24.3. The van der Waals surface area contributed by atoms with Gasteiger partial charge in [-0.1, -0.05) is 60.7 Å². The van der Waals surface area contributed by atoms with Gasteiger partial charge in [-0.05, 0) is 47.0 Å². The minimum absolute atomic E-state index is 0.171. The number of hydrogen-bond donors (Lipinski definition) is 1. The maximum atomic E-state index is 13.8. The van der Waals surface area contributed by atoms with Crippen LogP contribution in [0.15, 0.2) is 97.2 Å². The van der Waals surface area contributed by atoms with Crippen LogP contribution < -0.4 is 5.32 Å². The van der Waals surface area contributed by atoms with Crippen LogP contribution in [0.4, 0.5) is 23.2 Å². The predicted octanol–water partition coefficient (Wildman–Crippen LogP) is 8.15. The molecule has 0 fully saturated rings. The number of fused-ring (bicyclic) bond motifs is 1. The normalized spacial score (nSPS) is 11.5. The van der Waals surface area contributed by atoms with Crippen molar-refractivity contribution in [1.82, 2.24) is 4.98 Å². The highest BCUT2D eigenvalue weighted by Gasteiger charge is 2.33. The van der Waals surface area contributed by atoms with E-state index in [1.54, 1.807) is 54.6 Å². The lowest BCUT2D eigenvalue weighted by Crippen LogP contribution is -2.07. The van der Waals surface area contributed by atoms with Gasteiger partial charge in [0.05, 0.1) is 11.1 Å². The Morgan fingerprint density at radius 1 is 0.838 bits per heavy atom. The van der Waals surface area contributed by atoms with E-state index in [1.807, 2.05) is 12.1 Å². The fraction of sp³-hybridized carbons (Fsp3) is 0.0667. The van der Waals surface area contributed by atoms with E-state index in [2.05, 4.69) is 10.3 Å². The van der Waals surface area contributed by atoms with E-state index in [-0.39, 0.29) is 11.3 Å². The molecule has 0 aliphatic rings. The Balaban J connectivity index is 1.69. The standard InChI is InChI=1S/C30H20F4N2O/c31-22-9-3-6-19(14-22)16-35-23-10-4-8-20(15-23)28-25-12-5-13-27(30(32,33)34)29(25)36-17-26(28)24-11-2-1-7-21(24)18-37/h1-15,17-18,35H,16H2. The quantitative estimate of drug-likeness (QED) is 0.189. The van der Waals surface area contributed by atoms with Crippen LogP contribution in [0, 0.1) is 5.82 Å². The van der Waals surface area contributed by atoms with Crippen molar-refractivity contribution in [2.24, 2.45) is 0 Å². The Labute approximate surface area is 210 Å². The average molecular weight is 500 g/mol. The van der Waals surface area contributed by atoms with Crippen molar-refractivity contribution < 1.29 is 22.4 Å². The van der Waals surface area contributed by atoms with Gasteiger partial charge < -0.3 is 5.32 Å². The van der Waals surface area contributed by atoms with Crippen LogP contribution >= 0.6 is 0 Å². The smallest absolute Gasteiger partial charge is 0.381 e. The Kier molecular flexibility index (Phi) is 6.44. The Morgan fingerprint density at radius 2 is 1.62 bits per heavy atom. The van der Waals surface area contributed by atoms with Gasteiger partial charge in [-0.3, -0.25) is 9.78 Å². The second-order valence-electron chi connectivity index (χ2n) is 8.52. The minimum atomic E-state index is -4.58. The molecule has 1 heterocycles. The summed E-state index contributed by atoms with van der Waals surface area (Å²) in [6.07, 6.45) is -2.48. The molecule has 0 saturated carbocycles. The number of rotatable bonds is 6. The largest absolute Gasteiger partial charge is 0.418 e. The summed E-state index contributed by atoms with van der Waals surface area (Å²) < 4.78 is 55.0. The lowest BCUT2D eigenvalue weighted by atomic mass is 9.89. The molecule has 1 N–H and O–H groups in total. The molecule has 3 nitrogen and oxygen atoms in total. The number of benzene rings is 4. The van der Waals surface area contributed by atoms with Crippen molar-refractivity contribution in [3.63, 3.8) is 0 Å². The fourth-order valence-corrected chi connectivity index (χ4v) is 4.45. The molecule has 4 aromatic carbocycles. The van der Waals surface area contributed by atoms with Gasteiger partial charge in [-0.15, -0.1) is 0 Å². The zero-order valence-corrected chi connectivity index (χ0v) is 19.4. The van der Waals surface area contributed by atoms with Gasteiger partial charge in [0.25, 0.3) is 0 Å². The van der Waals surface area contributed by atoms with Gasteiger partial charge in [-0.2, -0.15) is 13.2 Å². The van der Waals surface area contributed by atoms with E-state index in [4.69, 9.17) is 0 Å². The molecule has 0 aliphatic carbocycles. The van der Waals surface area contributed by atoms with Gasteiger partial charge in [-0.25, -0.2) is 4.39 Å². The SMILES string of the molecule is O=Cc1ccccc1-c1cnc2c(C(F)(F)F)cccc2c1-c1cccc(NCc2cccc(F)c2)c1. The number of carbonyl (C=O) groups is 1. The maximum absolute atomic E-state index is 13.8. The van der Waals surface area contributed by atoms with Gasteiger partial charge >= 0.3 is 6.18 Å². The number of nitrogens with one attached hydrogen (secondary N) is 1. The van der Waals surface area contributed by atoms with Crippen LogP contribution in [-0.2, 0) is 12.7 Å². The molecule has 0 radical (unpaired) electrons. The molecular weight excluding hydrogens is 480 g/mol. The van der Waals surface area contributed by atoms with Crippen molar-refractivity contribution >= 4 is 22.9 Å². The van der Waals surface area contributed by atoms with Crippen LogP contribution in [-0.4, -0.2) is 11.3 Å². The highest BCUT2D eigenvalue weighted by molar-refractivity contribution is 6.05. The summed E-state index contributed by atoms with van der Waals surface area (Å²) in [7, 11) is 0. The highest BCUT2D eigenvalue weighted by atomic mass is 19.4. The van der Waals surface area contributed by atoms with E-state index in [1.165, 1.54) is 24.4 Å².